The molecule has 0 aliphatic carbocycles. The Morgan fingerprint density at radius 2 is 1.55 bits per heavy atom. The average molecular weight is 378 g/mol. The molecule has 0 unspecified atom stereocenters. The van der Waals surface area contributed by atoms with Gasteiger partial charge in [-0.05, 0) is 18.7 Å². The minimum Gasteiger partial charge on any atom is -0.311 e. The monoisotopic (exact) mass is 378 g/mol. The molecule has 0 N–H and O–H groups in total. The maximum atomic E-state index is 12.4. The van der Waals surface area contributed by atoms with E-state index in [0.29, 0.717) is 4.57 Å². The van der Waals surface area contributed by atoms with Gasteiger partial charge in [-0.1, -0.05) is 11.3 Å². The first kappa shape index (κ1) is 19.2. The number of halogens is 9. The minimum absolute atomic E-state index is 0.134. The molecule has 0 atom stereocenters. The van der Waals surface area contributed by atoms with E-state index in [1.807, 2.05) is 0 Å². The summed E-state index contributed by atoms with van der Waals surface area (Å²) in [6.45, 7) is -2.53. The molecule has 0 aromatic carbocycles. The first-order valence-corrected chi connectivity index (χ1v) is 6.91. The number of hydrogen-bond acceptors (Lipinski definition) is 3. The van der Waals surface area contributed by atoms with E-state index in [1.165, 1.54) is 0 Å². The van der Waals surface area contributed by atoms with Gasteiger partial charge in [-0.15, -0.1) is 0 Å². The molecule has 1 aromatic heterocycles. The van der Waals surface area contributed by atoms with E-state index in [9.17, 15) is 39.5 Å². The summed E-state index contributed by atoms with van der Waals surface area (Å²) in [6.07, 6.45) is -9.58. The fraction of sp³-hybridized carbons (Fsp3) is 0.667. The van der Waals surface area contributed by atoms with Crippen LogP contribution in [0, 0.1) is 6.92 Å². The molecule has 22 heavy (non-hydrogen) atoms. The van der Waals surface area contributed by atoms with Crippen molar-refractivity contribution >= 4 is 23.1 Å². The van der Waals surface area contributed by atoms with Crippen LogP contribution in [0.5, 0.6) is 0 Å². The van der Waals surface area contributed by atoms with Crippen molar-refractivity contribution in [3.05, 3.63) is 10.5 Å². The summed E-state index contributed by atoms with van der Waals surface area (Å²) in [6, 6.07) is 0. The van der Waals surface area contributed by atoms with Gasteiger partial charge >= 0.3 is 17.9 Å². The predicted molar refractivity (Wildman–Crippen MR) is 61.5 cm³/mol. The van der Waals surface area contributed by atoms with Crippen molar-refractivity contribution in [2.75, 3.05) is 6.54 Å². The van der Waals surface area contributed by atoms with Crippen LogP contribution < -0.4 is 4.80 Å². The summed E-state index contributed by atoms with van der Waals surface area (Å²) < 4.78 is 110. The lowest BCUT2D eigenvalue weighted by molar-refractivity contribution is -0.141. The maximum absolute atomic E-state index is 12.4. The molecule has 0 bridgehead atoms. The zero-order valence-electron chi connectivity index (χ0n) is 10.5. The smallest absolute Gasteiger partial charge is 0.311 e. The van der Waals surface area contributed by atoms with Gasteiger partial charge in [0.1, 0.15) is 13.1 Å². The molecule has 0 radical (unpaired) electrons. The molecule has 13 heteroatoms. The molecular formula is C9H7F9N2S2. The second kappa shape index (κ2) is 6.34. The molecule has 0 fully saturated rings. The first-order chi connectivity index (χ1) is 9.68. The lowest BCUT2D eigenvalue weighted by Crippen LogP contribution is -2.27. The summed E-state index contributed by atoms with van der Waals surface area (Å²) in [5.41, 5.74) is -5.21. The van der Waals surface area contributed by atoms with Crippen LogP contribution >= 0.6 is 23.1 Å². The van der Waals surface area contributed by atoms with E-state index in [-0.39, 0.29) is 11.3 Å². The molecule has 1 rings (SSSR count). The summed E-state index contributed by atoms with van der Waals surface area (Å²) in [4.78, 5) is 2.18. The highest BCUT2D eigenvalue weighted by atomic mass is 32.2. The molecule has 0 aliphatic rings. The van der Waals surface area contributed by atoms with Crippen molar-refractivity contribution in [2.45, 2.75) is 35.5 Å². The van der Waals surface area contributed by atoms with Gasteiger partial charge in [-0.3, -0.25) is 0 Å². The SMILES string of the molecule is Cc1c(SC(F)(F)F)sc(=NCC(F)(F)F)n1CC(F)(F)F. The molecular weight excluding hydrogens is 371 g/mol. The summed E-state index contributed by atoms with van der Waals surface area (Å²) in [7, 11) is 0. The van der Waals surface area contributed by atoms with Gasteiger partial charge in [-0.2, -0.15) is 39.5 Å². The number of rotatable bonds is 3. The van der Waals surface area contributed by atoms with Gasteiger partial charge in [0.15, 0.2) is 4.80 Å². The predicted octanol–water partition coefficient (Wildman–Crippen LogP) is 4.50. The molecule has 0 spiro atoms. The van der Waals surface area contributed by atoms with Crippen LogP contribution in [0.1, 0.15) is 5.69 Å². The Hall–Kier alpha value is -0.850. The number of alkyl halides is 9. The molecule has 0 saturated heterocycles. The van der Waals surface area contributed by atoms with Gasteiger partial charge in [0, 0.05) is 5.69 Å². The Morgan fingerprint density at radius 3 is 1.95 bits per heavy atom. The van der Waals surface area contributed by atoms with E-state index in [1.54, 1.807) is 0 Å². The van der Waals surface area contributed by atoms with Crippen LogP contribution in [-0.2, 0) is 6.54 Å². The van der Waals surface area contributed by atoms with Gasteiger partial charge < -0.3 is 4.57 Å². The largest absolute Gasteiger partial charge is 0.447 e. The Balaban J connectivity index is 3.31. The summed E-state index contributed by atoms with van der Waals surface area (Å²) in [5, 5.41) is 0. The lowest BCUT2D eigenvalue weighted by Gasteiger charge is -2.10. The Kier molecular flexibility index (Phi) is 5.53. The van der Waals surface area contributed by atoms with Crippen molar-refractivity contribution in [1.82, 2.24) is 4.57 Å². The lowest BCUT2D eigenvalue weighted by atomic mass is 10.5. The quantitative estimate of drug-likeness (QED) is 0.560. The topological polar surface area (TPSA) is 17.3 Å². The third-order valence-electron chi connectivity index (χ3n) is 2.05. The average Bonchev–Trinajstić information content (AvgIpc) is 2.50. The van der Waals surface area contributed by atoms with Crippen LogP contribution in [0.4, 0.5) is 39.5 Å². The summed E-state index contributed by atoms with van der Waals surface area (Å²) >= 11 is -0.556. The van der Waals surface area contributed by atoms with Crippen molar-refractivity contribution in [2.24, 2.45) is 4.99 Å². The van der Waals surface area contributed by atoms with Gasteiger partial charge in [0.25, 0.3) is 0 Å². The van der Waals surface area contributed by atoms with Crippen LogP contribution in [0.15, 0.2) is 9.20 Å². The number of nitrogens with zero attached hydrogens (tertiary/aromatic N) is 2. The molecule has 2 nitrogen and oxygen atoms in total. The molecule has 1 heterocycles. The minimum atomic E-state index is -4.81. The Morgan fingerprint density at radius 1 is 1.00 bits per heavy atom. The first-order valence-electron chi connectivity index (χ1n) is 5.28. The van der Waals surface area contributed by atoms with E-state index >= 15 is 0 Å². The highest BCUT2D eigenvalue weighted by Crippen LogP contribution is 2.40. The molecule has 0 saturated carbocycles. The standard InChI is InChI=1S/C9H7F9N2S2/c1-4-5(22-9(16,17)18)21-6(19-2-7(10,11)12)20(4)3-8(13,14)15/h2-3H2,1H3. The van der Waals surface area contributed by atoms with Crippen molar-refractivity contribution < 1.29 is 39.5 Å². The highest BCUT2D eigenvalue weighted by Gasteiger charge is 2.35. The second-order valence-corrected chi connectivity index (χ2v) is 6.25. The second-order valence-electron chi connectivity index (χ2n) is 3.94. The third-order valence-corrected chi connectivity index (χ3v) is 4.28. The van der Waals surface area contributed by atoms with Gasteiger partial charge in [-0.25, -0.2) is 4.99 Å². The van der Waals surface area contributed by atoms with Gasteiger partial charge in [0.05, 0.1) is 4.21 Å². The Labute approximate surface area is 125 Å². The van der Waals surface area contributed by atoms with Crippen molar-refractivity contribution in [3.8, 4) is 0 Å². The van der Waals surface area contributed by atoms with E-state index in [4.69, 9.17) is 0 Å². The third kappa shape index (κ3) is 6.50. The van der Waals surface area contributed by atoms with Crippen molar-refractivity contribution in [1.29, 1.82) is 0 Å². The van der Waals surface area contributed by atoms with Crippen LogP contribution in [0.2, 0.25) is 0 Å². The number of hydrogen-bond donors (Lipinski definition) is 0. The fourth-order valence-corrected chi connectivity index (χ4v) is 3.31. The maximum Gasteiger partial charge on any atom is 0.447 e. The number of thiazole rings is 1. The van der Waals surface area contributed by atoms with Crippen LogP contribution in [0.25, 0.3) is 0 Å². The molecule has 128 valence electrons. The number of thioether (sulfide) groups is 1. The van der Waals surface area contributed by atoms with E-state index < -0.39 is 57.4 Å². The zero-order chi connectivity index (χ0) is 17.3. The normalized spacial score (nSPS) is 14.7. The summed E-state index contributed by atoms with van der Waals surface area (Å²) in [5.74, 6) is 0. The van der Waals surface area contributed by atoms with E-state index in [2.05, 4.69) is 4.99 Å². The molecule has 0 aliphatic heterocycles. The van der Waals surface area contributed by atoms with Crippen LogP contribution in [-0.4, -0.2) is 29.0 Å². The molecule has 0 amide bonds. The number of aromatic nitrogens is 1. The van der Waals surface area contributed by atoms with Gasteiger partial charge in [0.2, 0.25) is 0 Å². The Bertz CT molecular complexity index is 576. The van der Waals surface area contributed by atoms with Crippen molar-refractivity contribution in [3.63, 3.8) is 0 Å². The molecule has 1 aromatic rings. The van der Waals surface area contributed by atoms with E-state index in [0.717, 1.165) is 6.92 Å². The van der Waals surface area contributed by atoms with Crippen LogP contribution in [0.3, 0.4) is 0 Å². The fourth-order valence-electron chi connectivity index (χ4n) is 1.31. The zero-order valence-corrected chi connectivity index (χ0v) is 12.2. The highest BCUT2D eigenvalue weighted by molar-refractivity contribution is 8.01.